The maximum absolute atomic E-state index is 13.3. The normalized spacial score (nSPS) is 23.5. The van der Waals surface area contributed by atoms with Crippen molar-refractivity contribution in [3.05, 3.63) is 34.9 Å². The molecule has 0 unspecified atom stereocenters. The van der Waals surface area contributed by atoms with E-state index in [2.05, 4.69) is 10.6 Å². The Morgan fingerprint density at radius 3 is 2.55 bits per heavy atom. The van der Waals surface area contributed by atoms with Gasteiger partial charge in [-0.1, -0.05) is 30.2 Å². The van der Waals surface area contributed by atoms with Crippen molar-refractivity contribution in [3.8, 4) is 0 Å². The number of nitrogens with zero attached hydrogens (tertiary/aromatic N) is 1. The van der Waals surface area contributed by atoms with E-state index in [9.17, 15) is 14.4 Å². The molecule has 1 aromatic rings. The minimum atomic E-state index is -0.601. The second-order valence-corrected chi connectivity index (χ2v) is 8.87. The van der Waals surface area contributed by atoms with E-state index in [0.29, 0.717) is 62.7 Å². The number of ether oxygens (including phenoxy) is 1. The SMILES string of the molecule is C[C@@H]1NC(=O)C2(CCCCOCCCNC1=O)CCN(C(=O)c1ccccc1Cl)CC2. The van der Waals surface area contributed by atoms with Crippen LogP contribution in [0.5, 0.6) is 0 Å². The number of rotatable bonds is 1. The highest BCUT2D eigenvalue weighted by atomic mass is 35.5. The number of halogens is 1. The molecule has 2 heterocycles. The largest absolute Gasteiger partial charge is 0.381 e. The molecule has 0 saturated carbocycles. The fourth-order valence-electron chi connectivity index (χ4n) is 4.26. The van der Waals surface area contributed by atoms with Crippen molar-refractivity contribution in [1.29, 1.82) is 0 Å². The maximum Gasteiger partial charge on any atom is 0.255 e. The molecule has 2 aliphatic heterocycles. The van der Waals surface area contributed by atoms with Crippen molar-refractivity contribution in [2.45, 2.75) is 51.5 Å². The molecule has 1 atom stereocenters. The van der Waals surface area contributed by atoms with Crippen molar-refractivity contribution < 1.29 is 19.1 Å². The molecular formula is C23H32ClN3O4. The van der Waals surface area contributed by atoms with Crippen LogP contribution >= 0.6 is 11.6 Å². The van der Waals surface area contributed by atoms with E-state index in [1.54, 1.807) is 36.1 Å². The summed E-state index contributed by atoms with van der Waals surface area (Å²) < 4.78 is 5.63. The average molecular weight is 450 g/mol. The minimum Gasteiger partial charge on any atom is -0.381 e. The average Bonchev–Trinajstić information content (AvgIpc) is 2.77. The summed E-state index contributed by atoms with van der Waals surface area (Å²) in [7, 11) is 0. The van der Waals surface area contributed by atoms with Gasteiger partial charge in [-0.15, -0.1) is 0 Å². The Balaban J connectivity index is 1.69. The van der Waals surface area contributed by atoms with Crippen LogP contribution in [0.15, 0.2) is 24.3 Å². The molecule has 170 valence electrons. The van der Waals surface area contributed by atoms with Crippen LogP contribution in [-0.4, -0.2) is 61.5 Å². The van der Waals surface area contributed by atoms with Gasteiger partial charge in [0, 0.05) is 32.8 Å². The van der Waals surface area contributed by atoms with Gasteiger partial charge in [0.2, 0.25) is 11.8 Å². The minimum absolute atomic E-state index is 0.0991. The lowest BCUT2D eigenvalue weighted by molar-refractivity contribution is -0.137. The third-order valence-corrected chi connectivity index (χ3v) is 6.62. The Bertz CT molecular complexity index is 793. The van der Waals surface area contributed by atoms with Gasteiger partial charge in [0.25, 0.3) is 5.91 Å². The van der Waals surface area contributed by atoms with Crippen LogP contribution in [-0.2, 0) is 14.3 Å². The van der Waals surface area contributed by atoms with Gasteiger partial charge in [-0.2, -0.15) is 0 Å². The van der Waals surface area contributed by atoms with Crippen LogP contribution in [0.4, 0.5) is 0 Å². The van der Waals surface area contributed by atoms with E-state index in [4.69, 9.17) is 16.3 Å². The number of carbonyl (C=O) groups excluding carboxylic acids is 3. The van der Waals surface area contributed by atoms with Crippen LogP contribution in [0.25, 0.3) is 0 Å². The molecule has 2 fully saturated rings. The zero-order valence-electron chi connectivity index (χ0n) is 18.1. The highest BCUT2D eigenvalue weighted by Gasteiger charge is 2.42. The smallest absolute Gasteiger partial charge is 0.255 e. The molecule has 1 aromatic carbocycles. The predicted octanol–water partition coefficient (Wildman–Crippen LogP) is 2.77. The number of amides is 3. The lowest BCUT2D eigenvalue weighted by Gasteiger charge is -2.41. The second-order valence-electron chi connectivity index (χ2n) is 8.46. The van der Waals surface area contributed by atoms with Crippen LogP contribution in [0.1, 0.15) is 55.8 Å². The van der Waals surface area contributed by atoms with E-state index in [0.717, 1.165) is 19.3 Å². The van der Waals surface area contributed by atoms with Gasteiger partial charge in [0.1, 0.15) is 6.04 Å². The molecule has 31 heavy (non-hydrogen) atoms. The summed E-state index contributed by atoms with van der Waals surface area (Å²) in [5, 5.41) is 6.20. The van der Waals surface area contributed by atoms with Gasteiger partial charge < -0.3 is 20.3 Å². The lowest BCUT2D eigenvalue weighted by atomic mass is 9.73. The summed E-state index contributed by atoms with van der Waals surface area (Å²) in [6.07, 6.45) is 4.34. The van der Waals surface area contributed by atoms with E-state index in [1.807, 2.05) is 0 Å². The number of likely N-dealkylation sites (tertiary alicyclic amines) is 1. The molecule has 2 saturated heterocycles. The first-order valence-electron chi connectivity index (χ1n) is 11.1. The quantitative estimate of drug-likeness (QED) is 0.690. The zero-order chi connectivity index (χ0) is 22.3. The van der Waals surface area contributed by atoms with Gasteiger partial charge in [0.05, 0.1) is 16.0 Å². The first-order chi connectivity index (χ1) is 14.9. The lowest BCUT2D eigenvalue weighted by Crippen LogP contribution is -2.54. The molecule has 1 spiro atoms. The molecule has 3 rings (SSSR count). The monoisotopic (exact) mass is 449 g/mol. The summed E-state index contributed by atoms with van der Waals surface area (Å²) in [4.78, 5) is 40.3. The summed E-state index contributed by atoms with van der Waals surface area (Å²) in [5.74, 6) is -0.396. The van der Waals surface area contributed by atoms with Gasteiger partial charge in [-0.3, -0.25) is 14.4 Å². The summed E-state index contributed by atoms with van der Waals surface area (Å²) in [5.41, 5.74) is -0.103. The van der Waals surface area contributed by atoms with Crippen molar-refractivity contribution >= 4 is 29.3 Å². The molecule has 2 N–H and O–H groups in total. The standard InChI is InChI=1S/C23H32ClN3O4/c1-17-20(28)25-12-6-16-31-15-5-4-9-23(22(30)26-17)10-13-27(14-11-23)21(29)18-7-2-3-8-19(18)24/h2-3,7-8,17H,4-6,9-16H2,1H3,(H,25,28)(H,26,30)/t17-/m0/s1. The molecule has 0 aliphatic carbocycles. The molecule has 0 bridgehead atoms. The Morgan fingerprint density at radius 2 is 1.81 bits per heavy atom. The Kier molecular flexibility index (Phi) is 8.32. The number of carbonyl (C=O) groups is 3. The van der Waals surface area contributed by atoms with Gasteiger partial charge in [-0.05, 0) is 51.2 Å². The molecule has 0 aromatic heterocycles. The van der Waals surface area contributed by atoms with Crippen LogP contribution in [0.3, 0.4) is 0 Å². The van der Waals surface area contributed by atoms with E-state index >= 15 is 0 Å². The summed E-state index contributed by atoms with van der Waals surface area (Å²) >= 11 is 6.20. The first-order valence-corrected chi connectivity index (χ1v) is 11.5. The van der Waals surface area contributed by atoms with Crippen molar-refractivity contribution in [2.75, 3.05) is 32.8 Å². The summed E-state index contributed by atoms with van der Waals surface area (Å²) in [6, 6.07) is 6.43. The molecule has 7 nitrogen and oxygen atoms in total. The number of benzene rings is 1. The Labute approximate surface area is 188 Å². The third kappa shape index (κ3) is 5.98. The number of piperidine rings is 1. The highest BCUT2D eigenvalue weighted by molar-refractivity contribution is 6.33. The molecule has 8 heteroatoms. The fraction of sp³-hybridized carbons (Fsp3) is 0.609. The Morgan fingerprint density at radius 1 is 1.10 bits per heavy atom. The highest BCUT2D eigenvalue weighted by Crippen LogP contribution is 2.38. The molecule has 3 amide bonds. The van der Waals surface area contributed by atoms with E-state index in [-0.39, 0.29) is 17.7 Å². The molecular weight excluding hydrogens is 418 g/mol. The van der Waals surface area contributed by atoms with E-state index < -0.39 is 11.5 Å². The zero-order valence-corrected chi connectivity index (χ0v) is 18.9. The molecule has 2 aliphatic rings. The van der Waals surface area contributed by atoms with Gasteiger partial charge >= 0.3 is 0 Å². The van der Waals surface area contributed by atoms with Crippen molar-refractivity contribution in [2.24, 2.45) is 5.41 Å². The number of hydrogen-bond acceptors (Lipinski definition) is 4. The second kappa shape index (κ2) is 11.0. The molecule has 0 radical (unpaired) electrons. The predicted molar refractivity (Wildman–Crippen MR) is 119 cm³/mol. The number of hydrogen-bond donors (Lipinski definition) is 2. The third-order valence-electron chi connectivity index (χ3n) is 6.29. The maximum atomic E-state index is 13.3. The Hall–Kier alpha value is -2.12. The van der Waals surface area contributed by atoms with Crippen LogP contribution in [0.2, 0.25) is 5.02 Å². The fourth-order valence-corrected chi connectivity index (χ4v) is 4.47. The van der Waals surface area contributed by atoms with Gasteiger partial charge in [0.15, 0.2) is 0 Å². The van der Waals surface area contributed by atoms with Crippen LogP contribution in [0, 0.1) is 5.41 Å². The van der Waals surface area contributed by atoms with E-state index in [1.165, 1.54) is 0 Å². The van der Waals surface area contributed by atoms with Crippen molar-refractivity contribution in [1.82, 2.24) is 15.5 Å². The first kappa shape index (κ1) is 23.5. The number of nitrogens with one attached hydrogen (secondary N) is 2. The van der Waals surface area contributed by atoms with Gasteiger partial charge in [-0.25, -0.2) is 0 Å². The van der Waals surface area contributed by atoms with Crippen LogP contribution < -0.4 is 10.6 Å². The summed E-state index contributed by atoms with van der Waals surface area (Å²) in [6.45, 7) is 4.47. The van der Waals surface area contributed by atoms with Crippen molar-refractivity contribution in [3.63, 3.8) is 0 Å². The topological polar surface area (TPSA) is 87.7 Å².